The van der Waals surface area contributed by atoms with Gasteiger partial charge in [-0.2, -0.15) is 0 Å². The van der Waals surface area contributed by atoms with Gasteiger partial charge in [0.2, 0.25) is 5.91 Å². The van der Waals surface area contributed by atoms with Gasteiger partial charge in [-0.25, -0.2) is 4.79 Å². The average molecular weight is 328 g/mol. The van der Waals surface area contributed by atoms with Crippen LogP contribution in [0.15, 0.2) is 33.5 Å². The highest BCUT2D eigenvalue weighted by molar-refractivity contribution is 5.80. The van der Waals surface area contributed by atoms with Crippen LogP contribution < -0.4 is 5.63 Å². The van der Waals surface area contributed by atoms with Gasteiger partial charge in [0, 0.05) is 44.1 Å². The molecule has 1 aliphatic rings. The molecule has 1 amide bonds. The Morgan fingerprint density at radius 2 is 2.08 bits per heavy atom. The highest BCUT2D eigenvalue weighted by Crippen LogP contribution is 2.22. The Kier molecular flexibility index (Phi) is 4.71. The van der Waals surface area contributed by atoms with E-state index in [0.717, 1.165) is 35.9 Å². The van der Waals surface area contributed by atoms with Gasteiger partial charge in [0.05, 0.1) is 0 Å². The van der Waals surface area contributed by atoms with Gasteiger partial charge in [-0.05, 0) is 37.1 Å². The predicted molar refractivity (Wildman–Crippen MR) is 94.0 cm³/mol. The molecule has 1 atom stereocenters. The summed E-state index contributed by atoms with van der Waals surface area (Å²) < 4.78 is 5.38. The van der Waals surface area contributed by atoms with Crippen LogP contribution in [0, 0.1) is 0 Å². The first kappa shape index (κ1) is 16.7. The van der Waals surface area contributed by atoms with Crippen LogP contribution in [0.25, 0.3) is 11.0 Å². The fourth-order valence-electron chi connectivity index (χ4n) is 3.37. The second-order valence-corrected chi connectivity index (χ2v) is 6.66. The number of hydrogen-bond donors (Lipinski definition) is 0. The van der Waals surface area contributed by atoms with Crippen LogP contribution in [-0.4, -0.2) is 42.4 Å². The number of piperidine rings is 1. The lowest BCUT2D eigenvalue weighted by Crippen LogP contribution is -2.47. The molecule has 1 aromatic heterocycles. The lowest BCUT2D eigenvalue weighted by molar-refractivity contribution is -0.133. The molecule has 5 nitrogen and oxygen atoms in total. The number of likely N-dealkylation sites (N-methyl/N-ethyl adjacent to an activating group) is 2. The maximum atomic E-state index is 11.9. The molecule has 0 radical (unpaired) electrons. The summed E-state index contributed by atoms with van der Waals surface area (Å²) >= 11 is 0. The van der Waals surface area contributed by atoms with Crippen molar-refractivity contribution in [3.8, 4) is 0 Å². The lowest BCUT2D eigenvalue weighted by atomic mass is 10.0. The van der Waals surface area contributed by atoms with E-state index in [1.807, 2.05) is 19.2 Å². The molecule has 0 spiro atoms. The molecule has 0 N–H and O–H groups in total. The maximum absolute atomic E-state index is 11.9. The van der Waals surface area contributed by atoms with Gasteiger partial charge in [0.15, 0.2) is 0 Å². The van der Waals surface area contributed by atoms with Gasteiger partial charge in [-0.3, -0.25) is 9.69 Å². The molecule has 1 fully saturated rings. The zero-order valence-electron chi connectivity index (χ0n) is 14.5. The van der Waals surface area contributed by atoms with Crippen molar-refractivity contribution in [2.45, 2.75) is 38.8 Å². The monoisotopic (exact) mass is 328 g/mol. The van der Waals surface area contributed by atoms with Crippen LogP contribution in [0.2, 0.25) is 0 Å². The summed E-state index contributed by atoms with van der Waals surface area (Å²) in [5.41, 5.74) is 2.48. The first-order valence-electron chi connectivity index (χ1n) is 8.47. The van der Waals surface area contributed by atoms with E-state index in [2.05, 4.69) is 24.9 Å². The van der Waals surface area contributed by atoms with Gasteiger partial charge in [0.25, 0.3) is 0 Å². The second-order valence-electron chi connectivity index (χ2n) is 6.66. The zero-order valence-corrected chi connectivity index (χ0v) is 14.5. The van der Waals surface area contributed by atoms with E-state index in [4.69, 9.17) is 4.42 Å². The SMILES string of the molecule is CCc1ccc2c(CN(C)[C@H]3CCC(=O)N(C)C3)cc(=O)oc2c1. The van der Waals surface area contributed by atoms with Gasteiger partial charge < -0.3 is 9.32 Å². The summed E-state index contributed by atoms with van der Waals surface area (Å²) in [5.74, 6) is 0.206. The van der Waals surface area contributed by atoms with E-state index >= 15 is 0 Å². The summed E-state index contributed by atoms with van der Waals surface area (Å²) in [6.07, 6.45) is 2.36. The summed E-state index contributed by atoms with van der Waals surface area (Å²) in [6, 6.07) is 7.97. The number of hydrogen-bond acceptors (Lipinski definition) is 4. The fraction of sp³-hybridized carbons (Fsp3) is 0.474. The quantitative estimate of drug-likeness (QED) is 0.809. The Morgan fingerprint density at radius 3 is 2.79 bits per heavy atom. The molecule has 24 heavy (non-hydrogen) atoms. The van der Waals surface area contributed by atoms with Crippen LogP contribution in [0.3, 0.4) is 0 Å². The molecule has 1 saturated heterocycles. The van der Waals surface area contributed by atoms with Crippen molar-refractivity contribution in [2.75, 3.05) is 20.6 Å². The Morgan fingerprint density at radius 1 is 1.29 bits per heavy atom. The van der Waals surface area contributed by atoms with Crippen LogP contribution in [0.5, 0.6) is 0 Å². The third kappa shape index (κ3) is 3.36. The molecule has 1 aliphatic heterocycles. The zero-order chi connectivity index (χ0) is 17.3. The number of rotatable bonds is 4. The number of carbonyl (C=O) groups is 1. The normalized spacial score (nSPS) is 18.6. The molecule has 128 valence electrons. The van der Waals surface area contributed by atoms with Gasteiger partial charge in [-0.1, -0.05) is 19.1 Å². The number of fused-ring (bicyclic) bond motifs is 1. The summed E-state index contributed by atoms with van der Waals surface area (Å²) in [7, 11) is 3.90. The summed E-state index contributed by atoms with van der Waals surface area (Å²) in [5, 5.41) is 0.985. The number of aryl methyl sites for hydroxylation is 1. The highest BCUT2D eigenvalue weighted by Gasteiger charge is 2.26. The molecule has 0 saturated carbocycles. The molecular formula is C19H24N2O3. The summed E-state index contributed by atoms with van der Waals surface area (Å²) in [6.45, 7) is 3.48. The maximum Gasteiger partial charge on any atom is 0.336 e. The Labute approximate surface area is 141 Å². The third-order valence-electron chi connectivity index (χ3n) is 4.95. The second kappa shape index (κ2) is 6.77. The minimum atomic E-state index is -0.310. The van der Waals surface area contributed by atoms with E-state index in [9.17, 15) is 9.59 Å². The molecule has 2 aromatic rings. The number of amides is 1. The number of benzene rings is 1. The Hall–Kier alpha value is -2.14. The predicted octanol–water partition coefficient (Wildman–Crippen LogP) is 2.41. The molecule has 3 rings (SSSR count). The number of carbonyl (C=O) groups excluding carboxylic acids is 1. The average Bonchev–Trinajstić information content (AvgIpc) is 2.56. The van der Waals surface area contributed by atoms with Crippen molar-refractivity contribution >= 4 is 16.9 Å². The molecule has 5 heteroatoms. The molecule has 0 aliphatic carbocycles. The highest BCUT2D eigenvalue weighted by atomic mass is 16.4. The van der Waals surface area contributed by atoms with Crippen LogP contribution in [-0.2, 0) is 17.8 Å². The van der Waals surface area contributed by atoms with Crippen LogP contribution in [0.1, 0.15) is 30.9 Å². The van der Waals surface area contributed by atoms with Crippen molar-refractivity contribution in [2.24, 2.45) is 0 Å². The van der Waals surface area contributed by atoms with Crippen molar-refractivity contribution in [1.82, 2.24) is 9.80 Å². The van der Waals surface area contributed by atoms with Crippen molar-refractivity contribution in [3.63, 3.8) is 0 Å². The van der Waals surface area contributed by atoms with Gasteiger partial charge >= 0.3 is 5.63 Å². The Balaban J connectivity index is 1.86. The van der Waals surface area contributed by atoms with Gasteiger partial charge in [0.1, 0.15) is 5.58 Å². The number of nitrogens with zero attached hydrogens (tertiary/aromatic N) is 2. The van der Waals surface area contributed by atoms with Crippen molar-refractivity contribution in [1.29, 1.82) is 0 Å². The van der Waals surface area contributed by atoms with E-state index in [0.29, 0.717) is 24.6 Å². The minimum Gasteiger partial charge on any atom is -0.423 e. The van der Waals surface area contributed by atoms with Crippen molar-refractivity contribution in [3.05, 3.63) is 45.8 Å². The molecular weight excluding hydrogens is 304 g/mol. The Bertz CT molecular complexity index is 812. The van der Waals surface area contributed by atoms with E-state index < -0.39 is 0 Å². The molecule has 0 unspecified atom stereocenters. The van der Waals surface area contributed by atoms with E-state index in [1.54, 1.807) is 11.0 Å². The molecule has 1 aromatic carbocycles. The number of likely N-dealkylation sites (tertiary alicyclic amines) is 1. The molecule has 2 heterocycles. The smallest absolute Gasteiger partial charge is 0.336 e. The van der Waals surface area contributed by atoms with Gasteiger partial charge in [-0.15, -0.1) is 0 Å². The molecule has 0 bridgehead atoms. The standard InChI is InChI=1S/C19H24N2O3/c1-4-13-5-7-16-14(10-19(23)24-17(16)9-13)11-20(2)15-6-8-18(22)21(3)12-15/h5,7,9-10,15H,4,6,8,11-12H2,1-3H3/t15-/m0/s1. The lowest BCUT2D eigenvalue weighted by Gasteiger charge is -2.35. The van der Waals surface area contributed by atoms with Crippen LogP contribution in [0.4, 0.5) is 0 Å². The minimum absolute atomic E-state index is 0.206. The largest absolute Gasteiger partial charge is 0.423 e. The van der Waals surface area contributed by atoms with Crippen LogP contribution >= 0.6 is 0 Å². The topological polar surface area (TPSA) is 53.8 Å². The first-order valence-corrected chi connectivity index (χ1v) is 8.47. The van der Waals surface area contributed by atoms with E-state index in [-0.39, 0.29) is 11.5 Å². The third-order valence-corrected chi connectivity index (χ3v) is 4.95. The first-order chi connectivity index (χ1) is 11.5. The van der Waals surface area contributed by atoms with E-state index in [1.165, 1.54) is 0 Å². The fourth-order valence-corrected chi connectivity index (χ4v) is 3.37. The summed E-state index contributed by atoms with van der Waals surface area (Å²) in [4.78, 5) is 27.6. The van der Waals surface area contributed by atoms with Crippen molar-refractivity contribution < 1.29 is 9.21 Å².